The summed E-state index contributed by atoms with van der Waals surface area (Å²) in [5.41, 5.74) is 1.88. The van der Waals surface area contributed by atoms with E-state index in [2.05, 4.69) is 20.0 Å². The Morgan fingerprint density at radius 3 is 2.55 bits per heavy atom. The lowest BCUT2D eigenvalue weighted by Gasteiger charge is -2.05. The first-order valence-corrected chi connectivity index (χ1v) is 6.07. The number of rotatable bonds is 4. The van der Waals surface area contributed by atoms with E-state index in [4.69, 9.17) is 0 Å². The molecular weight excluding hydrogens is 258 g/mol. The summed E-state index contributed by atoms with van der Waals surface area (Å²) in [5.74, 6) is 0.129. The van der Waals surface area contributed by atoms with Crippen LogP contribution in [0.25, 0.3) is 0 Å². The molecule has 0 unspecified atom stereocenters. The molecule has 20 heavy (non-hydrogen) atoms. The molecule has 1 aromatic carbocycles. The number of H-pyrrole nitrogens is 1. The number of benzene rings is 1. The molecule has 2 rings (SSSR count). The molecule has 2 aromatic rings. The number of ether oxygens (including phenoxy) is 1. The first-order chi connectivity index (χ1) is 9.58. The van der Waals surface area contributed by atoms with Crippen molar-refractivity contribution in [3.8, 4) is 0 Å². The minimum Gasteiger partial charge on any atom is -0.469 e. The van der Waals surface area contributed by atoms with Crippen LogP contribution in [0.1, 0.15) is 21.9 Å². The molecule has 0 aliphatic heterocycles. The maximum atomic E-state index is 11.9. The maximum absolute atomic E-state index is 11.9. The van der Waals surface area contributed by atoms with Gasteiger partial charge in [0.15, 0.2) is 0 Å². The van der Waals surface area contributed by atoms with E-state index < -0.39 is 0 Å². The highest BCUT2D eigenvalue weighted by Crippen LogP contribution is 2.11. The van der Waals surface area contributed by atoms with Gasteiger partial charge in [0.05, 0.1) is 19.7 Å². The smallest absolute Gasteiger partial charge is 0.309 e. The number of aromatic nitrogens is 2. The summed E-state index contributed by atoms with van der Waals surface area (Å²) < 4.78 is 4.59. The van der Waals surface area contributed by atoms with Gasteiger partial charge in [0.25, 0.3) is 5.91 Å². The lowest BCUT2D eigenvalue weighted by atomic mass is 10.1. The summed E-state index contributed by atoms with van der Waals surface area (Å²) in [6, 6.07) is 7.01. The van der Waals surface area contributed by atoms with Crippen LogP contribution < -0.4 is 5.32 Å². The molecule has 1 amide bonds. The number of hydrogen-bond acceptors (Lipinski definition) is 4. The number of hydrogen-bond donors (Lipinski definition) is 2. The molecule has 0 atom stereocenters. The minimum atomic E-state index is -0.297. The lowest BCUT2D eigenvalue weighted by Crippen LogP contribution is -2.12. The Morgan fingerprint density at radius 2 is 2.00 bits per heavy atom. The van der Waals surface area contributed by atoms with Gasteiger partial charge >= 0.3 is 5.97 Å². The molecule has 0 aliphatic rings. The number of amides is 1. The number of aryl methyl sites for hydroxylation is 1. The third-order valence-electron chi connectivity index (χ3n) is 2.74. The zero-order chi connectivity index (χ0) is 14.5. The highest BCUT2D eigenvalue weighted by atomic mass is 16.5. The number of imidazole rings is 1. The van der Waals surface area contributed by atoms with Gasteiger partial charge in [0.1, 0.15) is 11.5 Å². The summed E-state index contributed by atoms with van der Waals surface area (Å²) in [6.45, 7) is 1.78. The predicted octanol–water partition coefficient (Wildman–Crippen LogP) is 1.69. The van der Waals surface area contributed by atoms with Crippen LogP contribution in [-0.4, -0.2) is 29.0 Å². The topological polar surface area (TPSA) is 84.1 Å². The molecule has 0 aliphatic carbocycles. The van der Waals surface area contributed by atoms with Crippen LogP contribution in [-0.2, 0) is 16.0 Å². The van der Waals surface area contributed by atoms with Crippen molar-refractivity contribution in [3.63, 3.8) is 0 Å². The highest BCUT2D eigenvalue weighted by Gasteiger charge is 2.09. The monoisotopic (exact) mass is 273 g/mol. The quantitative estimate of drug-likeness (QED) is 0.830. The van der Waals surface area contributed by atoms with Crippen LogP contribution in [0.3, 0.4) is 0 Å². The molecule has 0 bridgehead atoms. The van der Waals surface area contributed by atoms with E-state index in [0.717, 1.165) is 5.56 Å². The predicted molar refractivity (Wildman–Crippen MR) is 73.4 cm³/mol. The first kappa shape index (κ1) is 13.8. The molecule has 6 nitrogen and oxygen atoms in total. The van der Waals surface area contributed by atoms with Crippen LogP contribution in [0.2, 0.25) is 0 Å². The third-order valence-corrected chi connectivity index (χ3v) is 2.74. The van der Waals surface area contributed by atoms with Crippen molar-refractivity contribution in [1.82, 2.24) is 9.97 Å². The van der Waals surface area contributed by atoms with Crippen molar-refractivity contribution < 1.29 is 14.3 Å². The molecular formula is C14H15N3O3. The van der Waals surface area contributed by atoms with Crippen molar-refractivity contribution in [2.45, 2.75) is 13.3 Å². The van der Waals surface area contributed by atoms with Gasteiger partial charge in [-0.15, -0.1) is 0 Å². The lowest BCUT2D eigenvalue weighted by molar-refractivity contribution is -0.139. The van der Waals surface area contributed by atoms with Gasteiger partial charge in [-0.1, -0.05) is 12.1 Å². The molecule has 6 heteroatoms. The van der Waals surface area contributed by atoms with E-state index in [1.807, 2.05) is 0 Å². The van der Waals surface area contributed by atoms with Gasteiger partial charge in [-0.2, -0.15) is 0 Å². The Hall–Kier alpha value is -2.63. The van der Waals surface area contributed by atoms with Crippen molar-refractivity contribution in [1.29, 1.82) is 0 Å². The summed E-state index contributed by atoms with van der Waals surface area (Å²) in [4.78, 5) is 29.8. The molecule has 2 N–H and O–H groups in total. The second-order valence-corrected chi connectivity index (χ2v) is 4.29. The van der Waals surface area contributed by atoms with Crippen LogP contribution in [0.4, 0.5) is 5.69 Å². The minimum absolute atomic E-state index is 0.213. The number of carbonyl (C=O) groups is 2. The van der Waals surface area contributed by atoms with Gasteiger partial charge in [-0.3, -0.25) is 9.59 Å². The van der Waals surface area contributed by atoms with Gasteiger partial charge in [0.2, 0.25) is 0 Å². The van der Waals surface area contributed by atoms with Crippen LogP contribution in [0.5, 0.6) is 0 Å². The fraction of sp³-hybridized carbons (Fsp3) is 0.214. The van der Waals surface area contributed by atoms with E-state index in [1.165, 1.54) is 13.3 Å². The molecule has 0 saturated carbocycles. The molecule has 0 saturated heterocycles. The van der Waals surface area contributed by atoms with Gasteiger partial charge in [-0.05, 0) is 24.6 Å². The average Bonchev–Trinajstić information content (AvgIpc) is 2.87. The van der Waals surface area contributed by atoms with Crippen molar-refractivity contribution in [2.24, 2.45) is 0 Å². The Bertz CT molecular complexity index is 617. The zero-order valence-electron chi connectivity index (χ0n) is 11.3. The molecule has 1 heterocycles. The van der Waals surface area contributed by atoms with Gasteiger partial charge in [0, 0.05) is 5.69 Å². The van der Waals surface area contributed by atoms with E-state index in [0.29, 0.717) is 17.2 Å². The molecule has 0 radical (unpaired) electrons. The summed E-state index contributed by atoms with van der Waals surface area (Å²) >= 11 is 0. The van der Waals surface area contributed by atoms with Gasteiger partial charge < -0.3 is 15.0 Å². The summed E-state index contributed by atoms with van der Waals surface area (Å²) in [7, 11) is 1.35. The molecule has 1 aromatic heterocycles. The maximum Gasteiger partial charge on any atom is 0.309 e. The van der Waals surface area contributed by atoms with E-state index in [-0.39, 0.29) is 18.3 Å². The van der Waals surface area contributed by atoms with Crippen molar-refractivity contribution >= 4 is 17.6 Å². The number of anilines is 1. The SMILES string of the molecule is COC(=O)Cc1ccc(NC(=O)c2cnc(C)[nH]2)cc1. The van der Waals surface area contributed by atoms with E-state index in [9.17, 15) is 9.59 Å². The third kappa shape index (κ3) is 3.44. The number of esters is 1. The average molecular weight is 273 g/mol. The number of methoxy groups -OCH3 is 1. The van der Waals surface area contributed by atoms with Crippen LogP contribution >= 0.6 is 0 Å². The fourth-order valence-electron chi connectivity index (χ4n) is 1.68. The van der Waals surface area contributed by atoms with Gasteiger partial charge in [-0.25, -0.2) is 4.98 Å². The summed E-state index contributed by atoms with van der Waals surface area (Å²) in [6.07, 6.45) is 1.70. The second kappa shape index (κ2) is 6.01. The first-order valence-electron chi connectivity index (χ1n) is 6.07. The molecule has 104 valence electrons. The number of nitrogens with zero attached hydrogens (tertiary/aromatic N) is 1. The fourth-order valence-corrected chi connectivity index (χ4v) is 1.68. The number of aromatic amines is 1. The van der Waals surface area contributed by atoms with Crippen molar-refractivity contribution in [2.75, 3.05) is 12.4 Å². The Balaban J connectivity index is 2.00. The largest absolute Gasteiger partial charge is 0.469 e. The zero-order valence-corrected chi connectivity index (χ0v) is 11.3. The van der Waals surface area contributed by atoms with Crippen LogP contribution in [0, 0.1) is 6.92 Å². The Kier molecular flexibility index (Phi) is 4.14. The Morgan fingerprint density at radius 1 is 1.30 bits per heavy atom. The Labute approximate surface area is 116 Å². The molecule has 0 spiro atoms. The summed E-state index contributed by atoms with van der Waals surface area (Å²) in [5, 5.41) is 2.74. The normalized spacial score (nSPS) is 10.1. The van der Waals surface area contributed by atoms with E-state index >= 15 is 0 Å². The standard InChI is InChI=1S/C14H15N3O3/c1-9-15-8-12(16-9)14(19)17-11-5-3-10(4-6-11)7-13(18)20-2/h3-6,8H,7H2,1-2H3,(H,15,16)(H,17,19). The highest BCUT2D eigenvalue weighted by molar-refractivity contribution is 6.02. The van der Waals surface area contributed by atoms with Crippen molar-refractivity contribution in [3.05, 3.63) is 47.5 Å². The van der Waals surface area contributed by atoms with E-state index in [1.54, 1.807) is 31.2 Å². The molecule has 0 fully saturated rings. The second-order valence-electron chi connectivity index (χ2n) is 4.29. The van der Waals surface area contributed by atoms with Crippen LogP contribution in [0.15, 0.2) is 30.5 Å². The number of carbonyl (C=O) groups excluding carboxylic acids is 2. The number of nitrogens with one attached hydrogen (secondary N) is 2.